The minimum absolute atomic E-state index is 0.0270. The number of ether oxygens (including phenoxy) is 2. The minimum Gasteiger partial charge on any atom is -0.353 e. The third-order valence-electron chi connectivity index (χ3n) is 3.30. The molecule has 4 nitrogen and oxygen atoms in total. The fraction of sp³-hybridized carbons (Fsp3) is 1.00. The number of likely N-dealkylation sites (N-methyl/N-ethyl adjacent to an activating group) is 1. The van der Waals surface area contributed by atoms with Crippen LogP contribution in [0.4, 0.5) is 0 Å². The summed E-state index contributed by atoms with van der Waals surface area (Å²) in [7, 11) is 2.03. The molecule has 17 heavy (non-hydrogen) atoms. The van der Waals surface area contributed by atoms with Gasteiger partial charge in [0, 0.05) is 38.8 Å². The normalized spacial score (nSPS) is 21.5. The van der Waals surface area contributed by atoms with Crippen molar-refractivity contribution >= 4 is 0 Å². The molecule has 1 N–H and O–H groups in total. The molecule has 1 aliphatic heterocycles. The fourth-order valence-electron chi connectivity index (χ4n) is 2.51. The molecule has 1 fully saturated rings. The van der Waals surface area contributed by atoms with Crippen LogP contribution < -0.4 is 5.32 Å². The lowest BCUT2D eigenvalue weighted by Crippen LogP contribution is -2.38. The molecule has 1 rings (SSSR count). The van der Waals surface area contributed by atoms with Crippen LogP contribution in [0.5, 0.6) is 0 Å². The number of likely N-dealkylation sites (tertiary alicyclic amines) is 1. The highest BCUT2D eigenvalue weighted by molar-refractivity contribution is 4.80. The Morgan fingerprint density at radius 1 is 1.29 bits per heavy atom. The van der Waals surface area contributed by atoms with Gasteiger partial charge in [-0.2, -0.15) is 0 Å². The highest BCUT2D eigenvalue weighted by Gasteiger charge is 2.24. The summed E-state index contributed by atoms with van der Waals surface area (Å²) in [5, 5.41) is 3.27. The van der Waals surface area contributed by atoms with Crippen molar-refractivity contribution in [2.45, 2.75) is 45.4 Å². The van der Waals surface area contributed by atoms with Crippen LogP contribution in [0, 0.1) is 0 Å². The molecule has 1 heterocycles. The van der Waals surface area contributed by atoms with E-state index in [1.807, 2.05) is 20.9 Å². The smallest absolute Gasteiger partial charge is 0.158 e. The topological polar surface area (TPSA) is 33.7 Å². The number of rotatable bonds is 9. The first kappa shape index (κ1) is 14.9. The summed E-state index contributed by atoms with van der Waals surface area (Å²) in [6.45, 7) is 8.88. The highest BCUT2D eigenvalue weighted by Crippen LogP contribution is 2.17. The lowest BCUT2D eigenvalue weighted by molar-refractivity contribution is -0.141. The van der Waals surface area contributed by atoms with Gasteiger partial charge < -0.3 is 14.8 Å². The largest absolute Gasteiger partial charge is 0.353 e. The van der Waals surface area contributed by atoms with Crippen LogP contribution in [0.2, 0.25) is 0 Å². The van der Waals surface area contributed by atoms with Gasteiger partial charge in [0.2, 0.25) is 0 Å². The third kappa shape index (κ3) is 5.34. The highest BCUT2D eigenvalue weighted by atomic mass is 16.7. The SMILES string of the molecule is CCOC(CCN1CCCC1CNC)OCC. The molecule has 1 aliphatic rings. The Morgan fingerprint density at radius 2 is 2.00 bits per heavy atom. The van der Waals surface area contributed by atoms with Crippen LogP contribution in [0.1, 0.15) is 33.1 Å². The summed E-state index contributed by atoms with van der Waals surface area (Å²) >= 11 is 0. The van der Waals surface area contributed by atoms with Crippen LogP contribution in [-0.2, 0) is 9.47 Å². The van der Waals surface area contributed by atoms with Gasteiger partial charge in [0.25, 0.3) is 0 Å². The van der Waals surface area contributed by atoms with Gasteiger partial charge in [0.1, 0.15) is 0 Å². The predicted octanol–water partition coefficient (Wildman–Crippen LogP) is 1.46. The van der Waals surface area contributed by atoms with E-state index in [9.17, 15) is 0 Å². The molecular weight excluding hydrogens is 216 g/mol. The van der Waals surface area contributed by atoms with Crippen LogP contribution in [0.25, 0.3) is 0 Å². The monoisotopic (exact) mass is 244 g/mol. The van der Waals surface area contributed by atoms with Crippen LogP contribution in [0.3, 0.4) is 0 Å². The van der Waals surface area contributed by atoms with Gasteiger partial charge in [-0.15, -0.1) is 0 Å². The maximum Gasteiger partial charge on any atom is 0.158 e. The number of nitrogens with one attached hydrogen (secondary N) is 1. The van der Waals surface area contributed by atoms with Crippen molar-refractivity contribution in [3.63, 3.8) is 0 Å². The molecule has 0 saturated carbocycles. The second-order valence-electron chi connectivity index (χ2n) is 4.52. The van der Waals surface area contributed by atoms with Gasteiger partial charge in [0.15, 0.2) is 6.29 Å². The third-order valence-corrected chi connectivity index (χ3v) is 3.30. The van der Waals surface area contributed by atoms with Crippen molar-refractivity contribution in [1.29, 1.82) is 0 Å². The van der Waals surface area contributed by atoms with E-state index >= 15 is 0 Å². The molecule has 1 unspecified atom stereocenters. The molecule has 0 aromatic heterocycles. The molecular formula is C13H28N2O2. The molecule has 0 aromatic rings. The Bertz CT molecular complexity index is 184. The second-order valence-corrected chi connectivity index (χ2v) is 4.52. The predicted molar refractivity (Wildman–Crippen MR) is 70.2 cm³/mol. The fourth-order valence-corrected chi connectivity index (χ4v) is 2.51. The van der Waals surface area contributed by atoms with E-state index in [2.05, 4.69) is 10.2 Å². The first-order valence-electron chi connectivity index (χ1n) is 6.93. The number of hydrogen-bond donors (Lipinski definition) is 1. The van der Waals surface area contributed by atoms with Crippen molar-refractivity contribution in [3.05, 3.63) is 0 Å². The van der Waals surface area contributed by atoms with Gasteiger partial charge in [-0.3, -0.25) is 4.90 Å². The lowest BCUT2D eigenvalue weighted by Gasteiger charge is -2.26. The standard InChI is InChI=1S/C13H28N2O2/c1-4-16-13(17-5-2)8-10-15-9-6-7-12(15)11-14-3/h12-14H,4-11H2,1-3H3. The molecule has 0 aromatic carbocycles. The van der Waals surface area contributed by atoms with E-state index in [1.54, 1.807) is 0 Å². The number of hydrogen-bond acceptors (Lipinski definition) is 4. The summed E-state index contributed by atoms with van der Waals surface area (Å²) in [6, 6.07) is 0.698. The molecule has 4 heteroatoms. The average molecular weight is 244 g/mol. The summed E-state index contributed by atoms with van der Waals surface area (Å²) in [5.41, 5.74) is 0. The average Bonchev–Trinajstić information content (AvgIpc) is 2.75. The zero-order valence-electron chi connectivity index (χ0n) is 11.6. The van der Waals surface area contributed by atoms with Crippen molar-refractivity contribution in [2.24, 2.45) is 0 Å². The maximum atomic E-state index is 5.57. The van der Waals surface area contributed by atoms with E-state index in [4.69, 9.17) is 9.47 Å². The molecule has 102 valence electrons. The zero-order chi connectivity index (χ0) is 12.5. The van der Waals surface area contributed by atoms with E-state index in [0.29, 0.717) is 6.04 Å². The van der Waals surface area contributed by atoms with Gasteiger partial charge in [-0.1, -0.05) is 0 Å². The van der Waals surface area contributed by atoms with Crippen molar-refractivity contribution in [3.8, 4) is 0 Å². The second kappa shape index (κ2) is 8.86. The Kier molecular flexibility index (Phi) is 7.77. The molecule has 0 radical (unpaired) electrons. The van der Waals surface area contributed by atoms with Crippen LogP contribution in [0.15, 0.2) is 0 Å². The van der Waals surface area contributed by atoms with Crippen LogP contribution >= 0.6 is 0 Å². The summed E-state index contributed by atoms with van der Waals surface area (Å²) in [6.07, 6.45) is 3.58. The lowest BCUT2D eigenvalue weighted by atomic mass is 10.2. The summed E-state index contributed by atoms with van der Waals surface area (Å²) in [4.78, 5) is 2.56. The van der Waals surface area contributed by atoms with E-state index in [-0.39, 0.29) is 6.29 Å². The maximum absolute atomic E-state index is 5.57. The minimum atomic E-state index is -0.0270. The first-order valence-corrected chi connectivity index (χ1v) is 6.93. The Hall–Kier alpha value is -0.160. The van der Waals surface area contributed by atoms with Crippen molar-refractivity contribution in [2.75, 3.05) is 39.9 Å². The van der Waals surface area contributed by atoms with E-state index in [0.717, 1.165) is 32.7 Å². The Balaban J connectivity index is 2.26. The quantitative estimate of drug-likeness (QED) is 0.623. The van der Waals surface area contributed by atoms with E-state index in [1.165, 1.54) is 19.4 Å². The Labute approximate surface area is 106 Å². The van der Waals surface area contributed by atoms with Gasteiger partial charge >= 0.3 is 0 Å². The van der Waals surface area contributed by atoms with Gasteiger partial charge in [0.05, 0.1) is 0 Å². The van der Waals surface area contributed by atoms with Gasteiger partial charge in [-0.05, 0) is 40.3 Å². The van der Waals surface area contributed by atoms with Crippen LogP contribution in [-0.4, -0.2) is 57.1 Å². The molecule has 0 amide bonds. The number of nitrogens with zero attached hydrogens (tertiary/aromatic N) is 1. The molecule has 0 spiro atoms. The summed E-state index contributed by atoms with van der Waals surface area (Å²) < 4.78 is 11.1. The summed E-state index contributed by atoms with van der Waals surface area (Å²) in [5.74, 6) is 0. The molecule has 1 atom stereocenters. The molecule has 0 bridgehead atoms. The van der Waals surface area contributed by atoms with Gasteiger partial charge in [-0.25, -0.2) is 0 Å². The Morgan fingerprint density at radius 3 is 2.59 bits per heavy atom. The zero-order valence-corrected chi connectivity index (χ0v) is 11.6. The molecule has 0 aliphatic carbocycles. The van der Waals surface area contributed by atoms with Crippen molar-refractivity contribution < 1.29 is 9.47 Å². The molecule has 1 saturated heterocycles. The van der Waals surface area contributed by atoms with E-state index < -0.39 is 0 Å². The van der Waals surface area contributed by atoms with Crippen molar-refractivity contribution in [1.82, 2.24) is 10.2 Å². The first-order chi connectivity index (χ1) is 8.31.